The van der Waals surface area contributed by atoms with E-state index in [1.807, 2.05) is 20.8 Å². The Labute approximate surface area is 150 Å². The van der Waals surface area contributed by atoms with Crippen LogP contribution in [0.2, 0.25) is 0 Å². The molecule has 1 fully saturated rings. The van der Waals surface area contributed by atoms with Crippen molar-refractivity contribution in [2.24, 2.45) is 0 Å². The zero-order valence-corrected chi connectivity index (χ0v) is 15.9. The van der Waals surface area contributed by atoms with Gasteiger partial charge in [-0.3, -0.25) is 9.69 Å². The minimum absolute atomic E-state index is 0.245. The Balaban J connectivity index is 2.13. The smallest absolute Gasteiger partial charge is 0.410 e. The second-order valence-corrected chi connectivity index (χ2v) is 7.82. The first-order valence-electron chi connectivity index (χ1n) is 8.03. The maximum absolute atomic E-state index is 12.7. The number of piperidine rings is 1. The Hall–Kier alpha value is -1.76. The van der Waals surface area contributed by atoms with Gasteiger partial charge in [0, 0.05) is 11.0 Å². The van der Waals surface area contributed by atoms with Crippen molar-refractivity contribution in [1.29, 1.82) is 0 Å². The van der Waals surface area contributed by atoms with Crippen molar-refractivity contribution in [3.8, 4) is 0 Å². The highest BCUT2D eigenvalue weighted by Gasteiger charge is 2.35. The first-order valence-corrected chi connectivity index (χ1v) is 8.82. The molecule has 1 aliphatic rings. The normalized spacial score (nSPS) is 18.2. The maximum Gasteiger partial charge on any atom is 0.410 e. The summed E-state index contributed by atoms with van der Waals surface area (Å²) >= 11 is 3.36. The van der Waals surface area contributed by atoms with E-state index >= 15 is 0 Å². The molecule has 0 saturated carbocycles. The van der Waals surface area contributed by atoms with Crippen LogP contribution < -0.4 is 11.1 Å². The van der Waals surface area contributed by atoms with E-state index in [0.717, 1.165) is 17.3 Å². The number of rotatable bonds is 2. The second-order valence-electron chi connectivity index (χ2n) is 6.91. The van der Waals surface area contributed by atoms with Crippen molar-refractivity contribution in [3.05, 3.63) is 22.7 Å². The molecule has 0 aliphatic carbocycles. The first-order chi connectivity index (χ1) is 11.2. The molecule has 0 spiro atoms. The molecule has 0 unspecified atom stereocenters. The Morgan fingerprint density at radius 1 is 1.33 bits per heavy atom. The molecule has 1 atom stereocenters. The fourth-order valence-electron chi connectivity index (χ4n) is 2.60. The van der Waals surface area contributed by atoms with Crippen LogP contribution in [0.15, 0.2) is 22.7 Å². The van der Waals surface area contributed by atoms with E-state index in [-0.39, 0.29) is 5.91 Å². The molecule has 24 heavy (non-hydrogen) atoms. The van der Waals surface area contributed by atoms with E-state index in [1.165, 1.54) is 4.90 Å². The number of carbonyl (C=O) groups excluding carboxylic acids is 2. The number of anilines is 2. The molecule has 2 amide bonds. The average molecular weight is 398 g/mol. The lowest BCUT2D eigenvalue weighted by Crippen LogP contribution is -2.51. The zero-order chi connectivity index (χ0) is 17.9. The predicted octanol–water partition coefficient (Wildman–Crippen LogP) is 3.76. The highest BCUT2D eigenvalue weighted by Crippen LogP contribution is 2.26. The Morgan fingerprint density at radius 3 is 2.71 bits per heavy atom. The summed E-state index contributed by atoms with van der Waals surface area (Å²) in [5, 5.41) is 2.83. The lowest BCUT2D eigenvalue weighted by Gasteiger charge is -2.35. The van der Waals surface area contributed by atoms with Gasteiger partial charge in [0.05, 0.1) is 11.4 Å². The lowest BCUT2D eigenvalue weighted by atomic mass is 10.0. The van der Waals surface area contributed by atoms with Crippen LogP contribution in [0, 0.1) is 0 Å². The van der Waals surface area contributed by atoms with Gasteiger partial charge in [0.1, 0.15) is 11.6 Å². The van der Waals surface area contributed by atoms with Crippen LogP contribution in [-0.2, 0) is 9.53 Å². The third-order valence-corrected chi connectivity index (χ3v) is 4.20. The van der Waals surface area contributed by atoms with Crippen LogP contribution in [-0.4, -0.2) is 35.1 Å². The molecule has 1 saturated heterocycles. The summed E-state index contributed by atoms with van der Waals surface area (Å²) in [7, 11) is 0. The number of ether oxygens (including phenoxy) is 1. The Kier molecular flexibility index (Phi) is 5.74. The summed E-state index contributed by atoms with van der Waals surface area (Å²) in [6, 6.07) is 4.71. The largest absolute Gasteiger partial charge is 0.444 e. The molecular formula is C17H24BrN3O3. The van der Waals surface area contributed by atoms with Crippen LogP contribution in [0.3, 0.4) is 0 Å². The van der Waals surface area contributed by atoms with Crippen molar-refractivity contribution in [1.82, 2.24) is 4.90 Å². The SMILES string of the molecule is CC(C)(C)OC(=O)N1CCCC[C@H]1C(=O)Nc1cc(Br)ccc1N. The summed E-state index contributed by atoms with van der Waals surface area (Å²) in [4.78, 5) is 26.6. The number of halogens is 1. The highest BCUT2D eigenvalue weighted by molar-refractivity contribution is 9.10. The summed E-state index contributed by atoms with van der Waals surface area (Å²) in [6.07, 6.45) is 1.91. The van der Waals surface area contributed by atoms with Gasteiger partial charge in [0.2, 0.25) is 5.91 Å². The van der Waals surface area contributed by atoms with Gasteiger partial charge in [-0.05, 0) is 58.2 Å². The van der Waals surface area contributed by atoms with Gasteiger partial charge in [0.15, 0.2) is 0 Å². The average Bonchev–Trinajstić information content (AvgIpc) is 2.49. The number of likely N-dealkylation sites (tertiary alicyclic amines) is 1. The fourth-order valence-corrected chi connectivity index (χ4v) is 2.96. The number of hydrogen-bond acceptors (Lipinski definition) is 4. The Bertz CT molecular complexity index is 628. The van der Waals surface area contributed by atoms with Crippen LogP contribution >= 0.6 is 15.9 Å². The fraction of sp³-hybridized carbons (Fsp3) is 0.529. The number of nitrogens with one attached hydrogen (secondary N) is 1. The molecule has 2 rings (SSSR count). The third kappa shape index (κ3) is 4.87. The van der Waals surface area contributed by atoms with Crippen LogP contribution in [0.5, 0.6) is 0 Å². The number of amides is 2. The van der Waals surface area contributed by atoms with E-state index in [0.29, 0.717) is 24.3 Å². The summed E-state index contributed by atoms with van der Waals surface area (Å²) in [6.45, 7) is 5.95. The third-order valence-electron chi connectivity index (χ3n) is 3.71. The highest BCUT2D eigenvalue weighted by atomic mass is 79.9. The number of nitrogen functional groups attached to an aromatic ring is 1. The summed E-state index contributed by atoms with van der Waals surface area (Å²) in [5.41, 5.74) is 6.32. The van der Waals surface area contributed by atoms with Crippen molar-refractivity contribution < 1.29 is 14.3 Å². The number of nitrogens with two attached hydrogens (primary N) is 1. The topological polar surface area (TPSA) is 84.7 Å². The molecule has 1 aromatic carbocycles. The minimum atomic E-state index is -0.593. The van der Waals surface area contributed by atoms with Crippen molar-refractivity contribution in [2.45, 2.75) is 51.7 Å². The molecule has 0 aromatic heterocycles. The summed E-state index contributed by atoms with van der Waals surface area (Å²) in [5.74, 6) is -0.245. The molecular weight excluding hydrogens is 374 g/mol. The molecule has 1 aromatic rings. The van der Waals surface area contributed by atoms with Gasteiger partial charge in [-0.15, -0.1) is 0 Å². The number of benzene rings is 1. The van der Waals surface area contributed by atoms with Gasteiger partial charge in [-0.2, -0.15) is 0 Å². The van der Waals surface area contributed by atoms with Crippen LogP contribution in [0.1, 0.15) is 40.0 Å². The maximum atomic E-state index is 12.7. The number of nitrogens with zero attached hydrogens (tertiary/aromatic N) is 1. The minimum Gasteiger partial charge on any atom is -0.444 e. The van der Waals surface area contributed by atoms with Crippen molar-refractivity contribution >= 4 is 39.3 Å². The van der Waals surface area contributed by atoms with E-state index in [1.54, 1.807) is 18.2 Å². The van der Waals surface area contributed by atoms with Gasteiger partial charge in [-0.1, -0.05) is 15.9 Å². The first kappa shape index (κ1) is 18.6. The standard InChI is InChI=1S/C17H24BrN3O3/c1-17(2,3)24-16(23)21-9-5-4-6-14(21)15(22)20-13-10-11(18)7-8-12(13)19/h7-8,10,14H,4-6,9,19H2,1-3H3,(H,20,22)/t14-/m0/s1. The molecule has 3 N–H and O–H groups in total. The molecule has 0 radical (unpaired) electrons. The van der Waals surface area contributed by atoms with E-state index in [9.17, 15) is 9.59 Å². The monoisotopic (exact) mass is 397 g/mol. The van der Waals surface area contributed by atoms with Gasteiger partial charge >= 0.3 is 6.09 Å². The number of hydrogen-bond donors (Lipinski definition) is 2. The molecule has 1 aliphatic heterocycles. The van der Waals surface area contributed by atoms with Gasteiger partial charge in [-0.25, -0.2) is 4.79 Å². The van der Waals surface area contributed by atoms with E-state index in [4.69, 9.17) is 10.5 Å². The molecule has 132 valence electrons. The Morgan fingerprint density at radius 2 is 2.04 bits per heavy atom. The predicted molar refractivity (Wildman–Crippen MR) is 97.8 cm³/mol. The quantitative estimate of drug-likeness (QED) is 0.743. The van der Waals surface area contributed by atoms with Crippen molar-refractivity contribution in [2.75, 3.05) is 17.6 Å². The molecule has 1 heterocycles. The van der Waals surface area contributed by atoms with E-state index in [2.05, 4.69) is 21.2 Å². The number of carbonyl (C=O) groups is 2. The molecule has 0 bridgehead atoms. The summed E-state index contributed by atoms with van der Waals surface area (Å²) < 4.78 is 6.24. The van der Waals surface area contributed by atoms with Crippen molar-refractivity contribution in [3.63, 3.8) is 0 Å². The molecule has 7 heteroatoms. The van der Waals surface area contributed by atoms with Gasteiger partial charge in [0.25, 0.3) is 0 Å². The van der Waals surface area contributed by atoms with Crippen LogP contribution in [0.25, 0.3) is 0 Å². The van der Waals surface area contributed by atoms with Gasteiger partial charge < -0.3 is 15.8 Å². The van der Waals surface area contributed by atoms with Crippen LogP contribution in [0.4, 0.5) is 16.2 Å². The zero-order valence-electron chi connectivity index (χ0n) is 14.3. The molecule has 6 nitrogen and oxygen atoms in total. The van der Waals surface area contributed by atoms with E-state index < -0.39 is 17.7 Å². The second kappa shape index (κ2) is 7.42. The lowest BCUT2D eigenvalue weighted by molar-refractivity contribution is -0.122.